The van der Waals surface area contributed by atoms with Gasteiger partial charge in [0.15, 0.2) is 0 Å². The van der Waals surface area contributed by atoms with Crippen LogP contribution in [-0.4, -0.2) is 35.0 Å². The number of aromatic amines is 1. The van der Waals surface area contributed by atoms with Crippen LogP contribution in [0.1, 0.15) is 41.4 Å². The van der Waals surface area contributed by atoms with Gasteiger partial charge in [-0.1, -0.05) is 18.2 Å². The highest BCUT2D eigenvalue weighted by Gasteiger charge is 2.24. The zero-order valence-electron chi connectivity index (χ0n) is 16.0. The first kappa shape index (κ1) is 17.5. The molecule has 1 aliphatic carbocycles. The third kappa shape index (κ3) is 3.39. The second-order valence-electron chi connectivity index (χ2n) is 7.43. The summed E-state index contributed by atoms with van der Waals surface area (Å²) in [5.41, 5.74) is 5.29. The van der Waals surface area contributed by atoms with E-state index in [-0.39, 0.29) is 11.9 Å². The number of nitrogens with zero attached hydrogens (tertiary/aromatic N) is 3. The largest absolute Gasteiger partial charge is 0.358 e. The number of aryl methyl sites for hydroxylation is 2. The fraction of sp³-hybridized carbons (Fsp3) is 0.381. The van der Waals surface area contributed by atoms with Crippen LogP contribution in [0.4, 0.5) is 5.95 Å². The number of hydrogen-bond acceptors (Lipinski definition) is 4. The molecule has 3 aromatic rings. The highest BCUT2D eigenvalue weighted by Crippen LogP contribution is 2.29. The summed E-state index contributed by atoms with van der Waals surface area (Å²) in [6, 6.07) is 8.11. The number of carbonyl (C=O) groups excluding carboxylic acids is 1. The Labute approximate surface area is 159 Å². The first-order valence-corrected chi connectivity index (χ1v) is 9.41. The molecule has 140 valence electrons. The van der Waals surface area contributed by atoms with Gasteiger partial charge in [0.2, 0.25) is 11.9 Å². The SMILES string of the molecule is Cc1[nH]c2ccccc2c1CC(=O)NC1CCCc2nc(N(C)C)ncc21. The molecule has 1 aliphatic rings. The van der Waals surface area contributed by atoms with Gasteiger partial charge in [-0.2, -0.15) is 0 Å². The van der Waals surface area contributed by atoms with Gasteiger partial charge in [-0.15, -0.1) is 0 Å². The van der Waals surface area contributed by atoms with Crippen LogP contribution in [-0.2, 0) is 17.6 Å². The van der Waals surface area contributed by atoms with Crippen molar-refractivity contribution in [2.75, 3.05) is 19.0 Å². The van der Waals surface area contributed by atoms with Crippen molar-refractivity contribution in [2.24, 2.45) is 0 Å². The Balaban J connectivity index is 1.53. The van der Waals surface area contributed by atoms with E-state index in [9.17, 15) is 4.79 Å². The van der Waals surface area contributed by atoms with E-state index in [1.807, 2.05) is 50.3 Å². The number of hydrogen-bond donors (Lipinski definition) is 2. The number of aromatic nitrogens is 3. The Morgan fingerprint density at radius 3 is 2.96 bits per heavy atom. The predicted molar refractivity (Wildman–Crippen MR) is 107 cm³/mol. The summed E-state index contributed by atoms with van der Waals surface area (Å²) in [7, 11) is 3.88. The number of fused-ring (bicyclic) bond motifs is 2. The van der Waals surface area contributed by atoms with Crippen molar-refractivity contribution in [2.45, 2.75) is 38.6 Å². The first-order valence-electron chi connectivity index (χ1n) is 9.41. The van der Waals surface area contributed by atoms with E-state index in [4.69, 9.17) is 0 Å². The number of H-pyrrole nitrogens is 1. The number of para-hydroxylation sites is 1. The van der Waals surface area contributed by atoms with Crippen molar-refractivity contribution < 1.29 is 4.79 Å². The summed E-state index contributed by atoms with van der Waals surface area (Å²) in [5, 5.41) is 4.33. The third-order valence-electron chi connectivity index (χ3n) is 5.27. The number of rotatable bonds is 4. The smallest absolute Gasteiger partial charge is 0.225 e. The first-order chi connectivity index (χ1) is 13.0. The standard InChI is InChI=1S/C21H25N5O/c1-13-15(14-7-4-5-8-17(14)23-13)11-20(27)24-18-9-6-10-19-16(18)12-22-21(25-19)26(2)3/h4-5,7-8,12,18,23H,6,9-11H2,1-3H3,(H,24,27). The Morgan fingerprint density at radius 2 is 2.15 bits per heavy atom. The monoisotopic (exact) mass is 363 g/mol. The molecule has 2 aromatic heterocycles. The second-order valence-corrected chi connectivity index (χ2v) is 7.43. The maximum Gasteiger partial charge on any atom is 0.225 e. The summed E-state index contributed by atoms with van der Waals surface area (Å²) in [5.74, 6) is 0.757. The number of nitrogens with one attached hydrogen (secondary N) is 2. The molecular formula is C21H25N5O. The normalized spacial score (nSPS) is 16.2. The van der Waals surface area contributed by atoms with Crippen LogP contribution in [0, 0.1) is 6.92 Å². The average Bonchev–Trinajstić information content (AvgIpc) is 2.97. The fourth-order valence-corrected chi connectivity index (χ4v) is 3.87. The highest BCUT2D eigenvalue weighted by molar-refractivity contribution is 5.90. The van der Waals surface area contributed by atoms with Gasteiger partial charge in [0.25, 0.3) is 0 Å². The Bertz CT molecular complexity index is 991. The topological polar surface area (TPSA) is 73.9 Å². The molecule has 1 atom stereocenters. The van der Waals surface area contributed by atoms with Crippen molar-refractivity contribution in [3.05, 3.63) is 53.0 Å². The second kappa shape index (κ2) is 7.02. The lowest BCUT2D eigenvalue weighted by atomic mass is 9.92. The lowest BCUT2D eigenvalue weighted by molar-refractivity contribution is -0.121. The quantitative estimate of drug-likeness (QED) is 0.747. The highest BCUT2D eigenvalue weighted by atomic mass is 16.1. The number of anilines is 1. The molecule has 0 bridgehead atoms. The van der Waals surface area contributed by atoms with E-state index < -0.39 is 0 Å². The van der Waals surface area contributed by atoms with Crippen molar-refractivity contribution >= 4 is 22.8 Å². The fourth-order valence-electron chi connectivity index (χ4n) is 3.87. The van der Waals surface area contributed by atoms with Gasteiger partial charge in [0.1, 0.15) is 0 Å². The molecule has 0 saturated carbocycles. The summed E-state index contributed by atoms with van der Waals surface area (Å²) < 4.78 is 0. The van der Waals surface area contributed by atoms with E-state index >= 15 is 0 Å². The lowest BCUT2D eigenvalue weighted by Gasteiger charge is -2.26. The molecule has 6 nitrogen and oxygen atoms in total. The van der Waals surface area contributed by atoms with Crippen molar-refractivity contribution in [1.29, 1.82) is 0 Å². The molecule has 1 aromatic carbocycles. The van der Waals surface area contributed by atoms with Crippen LogP contribution in [0.5, 0.6) is 0 Å². The summed E-state index contributed by atoms with van der Waals surface area (Å²) >= 11 is 0. The molecule has 2 N–H and O–H groups in total. The minimum absolute atomic E-state index is 0.0111. The van der Waals surface area contributed by atoms with Gasteiger partial charge < -0.3 is 15.2 Å². The van der Waals surface area contributed by atoms with E-state index in [0.29, 0.717) is 6.42 Å². The van der Waals surface area contributed by atoms with Gasteiger partial charge in [0.05, 0.1) is 18.2 Å². The van der Waals surface area contributed by atoms with Crippen LogP contribution >= 0.6 is 0 Å². The number of amides is 1. The van der Waals surface area contributed by atoms with Crippen molar-refractivity contribution in [3.63, 3.8) is 0 Å². The maximum atomic E-state index is 12.8. The minimum atomic E-state index is -0.0111. The lowest BCUT2D eigenvalue weighted by Crippen LogP contribution is -2.33. The Kier molecular flexibility index (Phi) is 4.56. The molecule has 2 heterocycles. The van der Waals surface area contributed by atoms with Crippen LogP contribution in [0.2, 0.25) is 0 Å². The molecule has 0 aliphatic heterocycles. The van der Waals surface area contributed by atoms with E-state index in [2.05, 4.69) is 26.3 Å². The summed E-state index contributed by atoms with van der Waals surface area (Å²) in [4.78, 5) is 27.2. The van der Waals surface area contributed by atoms with Gasteiger partial charge in [0, 0.05) is 42.5 Å². The molecular weight excluding hydrogens is 338 g/mol. The third-order valence-corrected chi connectivity index (χ3v) is 5.27. The molecule has 0 spiro atoms. The molecule has 1 unspecified atom stereocenters. The van der Waals surface area contributed by atoms with Crippen LogP contribution in [0.25, 0.3) is 10.9 Å². The summed E-state index contributed by atoms with van der Waals surface area (Å²) in [6.45, 7) is 2.02. The minimum Gasteiger partial charge on any atom is -0.358 e. The molecule has 1 amide bonds. The molecule has 4 rings (SSSR count). The molecule has 0 saturated heterocycles. The average molecular weight is 363 g/mol. The van der Waals surface area contributed by atoms with Gasteiger partial charge in [-0.3, -0.25) is 4.79 Å². The van der Waals surface area contributed by atoms with E-state index in [1.54, 1.807) is 0 Å². The van der Waals surface area contributed by atoms with Crippen LogP contribution in [0.3, 0.4) is 0 Å². The van der Waals surface area contributed by atoms with Gasteiger partial charge >= 0.3 is 0 Å². The van der Waals surface area contributed by atoms with Gasteiger partial charge in [-0.25, -0.2) is 9.97 Å². The van der Waals surface area contributed by atoms with E-state index in [0.717, 1.165) is 58.6 Å². The number of benzene rings is 1. The van der Waals surface area contributed by atoms with Gasteiger partial charge in [-0.05, 0) is 37.8 Å². The molecule has 0 fully saturated rings. The van der Waals surface area contributed by atoms with Crippen LogP contribution < -0.4 is 10.2 Å². The Hall–Kier alpha value is -2.89. The zero-order chi connectivity index (χ0) is 19.0. The molecule has 27 heavy (non-hydrogen) atoms. The molecule has 6 heteroatoms. The number of carbonyl (C=O) groups is 1. The van der Waals surface area contributed by atoms with E-state index in [1.165, 1.54) is 0 Å². The van der Waals surface area contributed by atoms with Crippen molar-refractivity contribution in [1.82, 2.24) is 20.3 Å². The summed E-state index contributed by atoms with van der Waals surface area (Å²) in [6.07, 6.45) is 5.13. The predicted octanol–water partition coefficient (Wildman–Crippen LogP) is 3.07. The van der Waals surface area contributed by atoms with Crippen LogP contribution in [0.15, 0.2) is 30.5 Å². The van der Waals surface area contributed by atoms with Crippen molar-refractivity contribution in [3.8, 4) is 0 Å². The zero-order valence-corrected chi connectivity index (χ0v) is 16.0. The Morgan fingerprint density at radius 1 is 1.33 bits per heavy atom. The maximum absolute atomic E-state index is 12.8. The molecule has 0 radical (unpaired) electrons.